The highest BCUT2D eigenvalue weighted by Crippen LogP contribution is 2.26. The summed E-state index contributed by atoms with van der Waals surface area (Å²) in [6, 6.07) is -12.8. The van der Waals surface area contributed by atoms with Gasteiger partial charge in [-0.1, -0.05) is 120 Å². The average Bonchev–Trinajstić information content (AvgIpc) is 0.812. The van der Waals surface area contributed by atoms with Crippen molar-refractivity contribution in [1.82, 2.24) is 63.8 Å². The number of carbonyl (C=O) groups is 13. The van der Waals surface area contributed by atoms with E-state index < -0.39 is 210 Å². The number of guanidine groups is 1. The lowest BCUT2D eigenvalue weighted by Crippen LogP contribution is -2.65. The Bertz CT molecular complexity index is 2950. The van der Waals surface area contributed by atoms with E-state index in [-0.39, 0.29) is 56.6 Å². The first-order chi connectivity index (χ1) is 45.3. The molecule has 0 bridgehead atoms. The van der Waals surface area contributed by atoms with Crippen molar-refractivity contribution >= 4 is 82.9 Å². The fraction of sp³-hybridized carbons (Fsp3) is 0.688. The van der Waals surface area contributed by atoms with Gasteiger partial charge in [-0.3, -0.25) is 62.5 Å². The number of aliphatic hydroxyl groups excluding tert-OH is 4. The van der Waals surface area contributed by atoms with Crippen LogP contribution in [0.1, 0.15) is 154 Å². The highest BCUT2D eigenvalue weighted by Gasteiger charge is 2.44. The highest BCUT2D eigenvalue weighted by atomic mass is 16.6. The number of nitrogens with two attached hydrogens (primary N) is 3. The van der Waals surface area contributed by atoms with E-state index in [1.54, 1.807) is 90.0 Å². The number of alkyl carbamates (subject to hydrolysis) is 1. The molecule has 0 spiro atoms. The molecule has 1 aromatic rings. The lowest BCUT2D eigenvalue weighted by Gasteiger charge is -2.35. The third-order valence-corrected chi connectivity index (χ3v) is 15.2. The average molecular weight is 1390 g/mol. The molecule has 1 fully saturated rings. The number of rotatable bonds is 22. The summed E-state index contributed by atoms with van der Waals surface area (Å²) in [4.78, 5) is 190. The number of ether oxygens (including phenoxy) is 1. The fourth-order valence-corrected chi connectivity index (χ4v) is 9.97. The summed E-state index contributed by atoms with van der Waals surface area (Å²) in [6.07, 6.45) is -5.64. The summed E-state index contributed by atoms with van der Waals surface area (Å²) in [5, 5.41) is 73.3. The number of aliphatic hydroxyl groups is 4. The molecule has 22 N–H and O–H groups in total. The van der Waals surface area contributed by atoms with Crippen LogP contribution in [-0.4, -0.2) is 208 Å². The molecule has 14 atom stereocenters. The Labute approximate surface area is 571 Å². The smallest absolute Gasteiger partial charge is 0.408 e. The van der Waals surface area contributed by atoms with E-state index in [0.717, 1.165) is 0 Å². The van der Waals surface area contributed by atoms with Crippen LogP contribution in [-0.2, 0) is 62.3 Å². The van der Waals surface area contributed by atoms with E-state index >= 15 is 14.4 Å². The number of amides is 13. The largest absolute Gasteiger partial charge is 0.444 e. The zero-order valence-corrected chi connectivity index (χ0v) is 58.9. The first-order valence-electron chi connectivity index (χ1n) is 32.6. The molecule has 0 aliphatic carbocycles. The lowest BCUT2D eigenvalue weighted by atomic mass is 9.86. The summed E-state index contributed by atoms with van der Waals surface area (Å²) in [6.45, 7) is 21.5. The Kier molecular flexibility index (Phi) is 33.9. The van der Waals surface area contributed by atoms with Gasteiger partial charge in [0.1, 0.15) is 66.0 Å². The fourth-order valence-electron chi connectivity index (χ4n) is 9.97. The first-order valence-corrected chi connectivity index (χ1v) is 32.6. The van der Waals surface area contributed by atoms with Gasteiger partial charge in [0.25, 0.3) is 0 Å². The molecule has 34 heteroatoms. The Balaban J connectivity index is 3.20. The van der Waals surface area contributed by atoms with Crippen LogP contribution < -0.4 is 81.0 Å². The van der Waals surface area contributed by atoms with Crippen LogP contribution in [0.3, 0.4) is 0 Å². The number of benzene rings is 1. The number of nitrogens with zero attached hydrogens (tertiary/aromatic N) is 1. The van der Waals surface area contributed by atoms with Crippen molar-refractivity contribution in [1.29, 1.82) is 0 Å². The molecule has 1 heterocycles. The van der Waals surface area contributed by atoms with Crippen LogP contribution in [0.4, 0.5) is 4.79 Å². The maximum Gasteiger partial charge on any atom is 0.408 e. The number of carbonyl (C=O) groups excluding carboxylic acids is 13. The van der Waals surface area contributed by atoms with Crippen LogP contribution >= 0.6 is 0 Å². The third kappa shape index (κ3) is 29.5. The first kappa shape index (κ1) is 85.3. The van der Waals surface area contributed by atoms with E-state index in [2.05, 4.69) is 63.5 Å². The number of primary amides is 1. The van der Waals surface area contributed by atoms with Gasteiger partial charge < -0.3 is 106 Å². The van der Waals surface area contributed by atoms with Crippen molar-refractivity contribution in [2.45, 2.75) is 227 Å². The molecule has 1 unspecified atom stereocenters. The maximum absolute atomic E-state index is 15.7. The van der Waals surface area contributed by atoms with Gasteiger partial charge in [-0.05, 0) is 87.0 Å². The SMILES string of the molecule is CC[C@H](C)[C@@H]1NC(=O)[C@@H](CCCN=C(N)N)NC(=O)[C@H](CC(C)C)NC(=O)[C@H]([C@H](O)C(C)C)NC(=O)[C@@H](NC(=O)[C@H](CC(C)(C)C)NC(=O)[C@@H](CC(C)(C)C)NC(=O)OC(C)(C)C)[C@@H](c2ccccc2)NC(=O)[C@H](CO)NC(=O)C([C@H](O)C(N)=O)NC(=O)CNC(=O)[C@H](CO)NC1=O. The van der Waals surface area contributed by atoms with Gasteiger partial charge in [0.05, 0.1) is 31.9 Å². The number of hydrogen-bond donors (Lipinski definition) is 19. The van der Waals surface area contributed by atoms with Gasteiger partial charge in [-0.2, -0.15) is 0 Å². The molecule has 13 amide bonds. The number of hydrogen-bond acceptors (Lipinski definition) is 19. The van der Waals surface area contributed by atoms with Crippen LogP contribution in [0, 0.1) is 28.6 Å². The normalized spacial score (nSPS) is 23.6. The van der Waals surface area contributed by atoms with Crippen molar-refractivity contribution in [3.8, 4) is 0 Å². The summed E-state index contributed by atoms with van der Waals surface area (Å²) in [5.41, 5.74) is 14.1. The van der Waals surface area contributed by atoms with E-state index in [1.807, 2.05) is 5.32 Å². The summed E-state index contributed by atoms with van der Waals surface area (Å²) >= 11 is 0. The highest BCUT2D eigenvalue weighted by molar-refractivity contribution is 6.01. The van der Waals surface area contributed by atoms with Crippen LogP contribution in [0.5, 0.6) is 0 Å². The molecule has 1 saturated heterocycles. The monoisotopic (exact) mass is 1390 g/mol. The minimum atomic E-state index is -2.58. The molecule has 1 aliphatic heterocycles. The quantitative estimate of drug-likeness (QED) is 0.0300. The standard InChI is InChI=1S/C64H108N16O18/c1-16-33(6)42-56(93)73-39(29-81)50(87)69-28-41(83)76-46(48(85)49(65)86)59(96)74-40(30-82)55(92)78-43(34-21-18-17-19-22-34)44(79-54(91)37(26-62(7,8)9)72-53(90)38(27-63(10,11)12)75-61(97)98-64(13,14)15)57(94)80-45(47(84)32(4)5)58(95)71-36(25-31(2)3)52(89)70-35(51(88)77-42)23-20-24-68-60(66)67/h17-19,21-22,31-33,35-40,42-48,81-82,84-85H,16,20,23-30H2,1-15H3,(H2,65,86)(H,69,87)(H,70,89)(H,71,95)(H,72,90)(H,73,93)(H,74,96)(H,75,97)(H,76,83)(H,77,88)(H,78,92)(H,79,91)(H,80,94)(H4,66,67,68)/t33-,35+,36-,37-,38+,39-,40-,42-,43+,44-,45-,46?,47+,48-/m0/s1. The Morgan fingerprint density at radius 3 is 1.59 bits per heavy atom. The topological polar surface area (TPSA) is 547 Å². The van der Waals surface area contributed by atoms with Gasteiger partial charge in [-0.15, -0.1) is 0 Å². The molecule has 0 aromatic heterocycles. The van der Waals surface area contributed by atoms with Crippen molar-refractivity contribution in [3.05, 3.63) is 35.9 Å². The van der Waals surface area contributed by atoms with E-state index in [0.29, 0.717) is 0 Å². The minimum absolute atomic E-state index is 0.00188. The predicted molar refractivity (Wildman–Crippen MR) is 358 cm³/mol. The van der Waals surface area contributed by atoms with E-state index in [9.17, 15) is 68.4 Å². The molecule has 1 aromatic carbocycles. The maximum atomic E-state index is 15.7. The predicted octanol–water partition coefficient (Wildman–Crippen LogP) is -3.90. The van der Waals surface area contributed by atoms with Crippen molar-refractivity contribution in [2.75, 3.05) is 26.3 Å². The Morgan fingerprint density at radius 1 is 0.602 bits per heavy atom. The lowest BCUT2D eigenvalue weighted by molar-refractivity contribution is -0.140. The molecule has 1 aliphatic rings. The Morgan fingerprint density at radius 2 is 1.09 bits per heavy atom. The van der Waals surface area contributed by atoms with Crippen molar-refractivity contribution < 1.29 is 87.5 Å². The molecule has 34 nitrogen and oxygen atoms in total. The third-order valence-electron chi connectivity index (χ3n) is 15.2. The van der Waals surface area contributed by atoms with Crippen LogP contribution in [0.25, 0.3) is 0 Å². The molecule has 0 radical (unpaired) electrons. The van der Waals surface area contributed by atoms with E-state index in [1.165, 1.54) is 44.2 Å². The summed E-state index contributed by atoms with van der Waals surface area (Å²) in [7, 11) is 0. The molecule has 2 rings (SSSR count). The van der Waals surface area contributed by atoms with Crippen molar-refractivity contribution in [3.63, 3.8) is 0 Å². The Hall–Kier alpha value is -8.76. The second kappa shape index (κ2) is 39.0. The van der Waals surface area contributed by atoms with Gasteiger partial charge in [0.2, 0.25) is 70.9 Å². The van der Waals surface area contributed by atoms with E-state index in [4.69, 9.17) is 21.9 Å². The second-order valence-electron chi connectivity index (χ2n) is 28.6. The molecular formula is C64H108N16O18. The van der Waals surface area contributed by atoms with Gasteiger partial charge >= 0.3 is 6.09 Å². The summed E-state index contributed by atoms with van der Waals surface area (Å²) in [5.74, 6) is -16.8. The number of aliphatic imine (C=N–C) groups is 1. The number of nitrogens with one attached hydrogen (secondary N) is 12. The van der Waals surface area contributed by atoms with Gasteiger partial charge in [-0.25, -0.2) is 4.79 Å². The molecule has 0 saturated carbocycles. The molecular weight excluding hydrogens is 1280 g/mol. The van der Waals surface area contributed by atoms with Gasteiger partial charge in [0.15, 0.2) is 12.1 Å². The zero-order chi connectivity index (χ0) is 74.9. The molecule has 552 valence electrons. The molecule has 98 heavy (non-hydrogen) atoms. The van der Waals surface area contributed by atoms with Crippen molar-refractivity contribution in [2.24, 2.45) is 50.8 Å². The summed E-state index contributed by atoms with van der Waals surface area (Å²) < 4.78 is 5.47. The minimum Gasteiger partial charge on any atom is -0.444 e. The van der Waals surface area contributed by atoms with Gasteiger partial charge in [0, 0.05) is 6.54 Å². The van der Waals surface area contributed by atoms with Crippen LogP contribution in [0.15, 0.2) is 35.3 Å². The zero-order valence-electron chi connectivity index (χ0n) is 58.9. The van der Waals surface area contributed by atoms with Crippen LogP contribution in [0.2, 0.25) is 0 Å². The second-order valence-corrected chi connectivity index (χ2v) is 28.6.